The molecule has 0 unspecified atom stereocenters. The van der Waals surface area contributed by atoms with E-state index in [-0.39, 0.29) is 36.6 Å². The van der Waals surface area contributed by atoms with Gasteiger partial charge in [0.15, 0.2) is 0 Å². The average Bonchev–Trinajstić information content (AvgIpc) is 2.59. The van der Waals surface area contributed by atoms with Gasteiger partial charge in [-0.1, -0.05) is 24.3 Å². The van der Waals surface area contributed by atoms with E-state index in [1.54, 1.807) is 42.5 Å². The van der Waals surface area contributed by atoms with Gasteiger partial charge in [-0.15, -0.1) is 0 Å². The number of carbonyl (C=O) groups excluding carboxylic acids is 3. The van der Waals surface area contributed by atoms with Crippen LogP contribution in [-0.4, -0.2) is 35.7 Å². The first kappa shape index (κ1) is 20.1. The Morgan fingerprint density at radius 1 is 0.963 bits per heavy atom. The topological polar surface area (TPSA) is 78.5 Å². The summed E-state index contributed by atoms with van der Waals surface area (Å²) in [7, 11) is 0. The highest BCUT2D eigenvalue weighted by Crippen LogP contribution is 2.15. The number of halogens is 1. The van der Waals surface area contributed by atoms with Gasteiger partial charge in [-0.25, -0.2) is 4.39 Å². The molecule has 2 aromatic rings. The van der Waals surface area contributed by atoms with Crippen LogP contribution in [-0.2, 0) is 20.8 Å². The Kier molecular flexibility index (Phi) is 7.05. The molecule has 0 fully saturated rings. The van der Waals surface area contributed by atoms with Gasteiger partial charge in [-0.05, 0) is 36.2 Å². The lowest BCUT2D eigenvalue weighted by Gasteiger charge is -2.21. The lowest BCUT2D eigenvalue weighted by atomic mass is 10.1. The highest BCUT2D eigenvalue weighted by Gasteiger charge is 2.15. The zero-order valence-corrected chi connectivity index (χ0v) is 15.3. The molecule has 27 heavy (non-hydrogen) atoms. The quantitative estimate of drug-likeness (QED) is 0.786. The summed E-state index contributed by atoms with van der Waals surface area (Å²) in [5, 5.41) is 5.32. The zero-order valence-electron chi connectivity index (χ0n) is 15.3. The molecule has 2 N–H and O–H groups in total. The SMILES string of the molecule is CC(=O)Nc1cccc(NC(=O)CN(CCc2ccccc2F)C(C)=O)c1. The van der Waals surface area contributed by atoms with Crippen LogP contribution in [0.15, 0.2) is 48.5 Å². The molecule has 0 bridgehead atoms. The van der Waals surface area contributed by atoms with Crippen LogP contribution in [0.3, 0.4) is 0 Å². The third kappa shape index (κ3) is 6.54. The van der Waals surface area contributed by atoms with Crippen LogP contribution in [0.25, 0.3) is 0 Å². The van der Waals surface area contributed by atoms with Crippen molar-refractivity contribution in [1.82, 2.24) is 4.90 Å². The van der Waals surface area contributed by atoms with Crippen molar-refractivity contribution < 1.29 is 18.8 Å². The number of nitrogens with one attached hydrogen (secondary N) is 2. The van der Waals surface area contributed by atoms with Crippen molar-refractivity contribution in [2.45, 2.75) is 20.3 Å². The Morgan fingerprint density at radius 2 is 1.63 bits per heavy atom. The van der Waals surface area contributed by atoms with Crippen molar-refractivity contribution >= 4 is 29.1 Å². The number of hydrogen-bond donors (Lipinski definition) is 2. The van der Waals surface area contributed by atoms with Crippen LogP contribution in [0, 0.1) is 5.82 Å². The van der Waals surface area contributed by atoms with Crippen LogP contribution < -0.4 is 10.6 Å². The molecule has 0 heterocycles. The number of carbonyl (C=O) groups is 3. The molecule has 0 aliphatic rings. The van der Waals surface area contributed by atoms with Gasteiger partial charge < -0.3 is 15.5 Å². The van der Waals surface area contributed by atoms with E-state index < -0.39 is 0 Å². The van der Waals surface area contributed by atoms with Crippen LogP contribution in [0.5, 0.6) is 0 Å². The standard InChI is InChI=1S/C20H22FN3O3/c1-14(25)22-17-7-5-8-18(12-17)23-20(27)13-24(15(2)26)11-10-16-6-3-4-9-19(16)21/h3-9,12H,10-11,13H2,1-2H3,(H,22,25)(H,23,27). The zero-order chi connectivity index (χ0) is 19.8. The molecular formula is C20H22FN3O3. The summed E-state index contributed by atoms with van der Waals surface area (Å²) in [5.41, 5.74) is 1.55. The van der Waals surface area contributed by atoms with Crippen molar-refractivity contribution in [3.63, 3.8) is 0 Å². The fourth-order valence-electron chi connectivity index (χ4n) is 2.56. The molecule has 0 atom stereocenters. The lowest BCUT2D eigenvalue weighted by molar-refractivity contribution is -0.132. The van der Waals surface area contributed by atoms with E-state index >= 15 is 0 Å². The minimum Gasteiger partial charge on any atom is -0.333 e. The number of anilines is 2. The molecule has 2 rings (SSSR count). The van der Waals surface area contributed by atoms with Gasteiger partial charge in [0, 0.05) is 31.8 Å². The minimum atomic E-state index is -0.376. The predicted octanol–water partition coefficient (Wildman–Crippen LogP) is 2.81. The second-order valence-corrected chi connectivity index (χ2v) is 6.09. The summed E-state index contributed by atoms with van der Waals surface area (Å²) in [6, 6.07) is 13.0. The van der Waals surface area contributed by atoms with Crippen LogP contribution in [0.4, 0.5) is 15.8 Å². The van der Waals surface area contributed by atoms with Crippen molar-refractivity contribution in [2.75, 3.05) is 23.7 Å². The monoisotopic (exact) mass is 371 g/mol. The summed E-state index contributed by atoms with van der Waals surface area (Å²) in [4.78, 5) is 36.6. The summed E-state index contributed by atoms with van der Waals surface area (Å²) in [6.07, 6.45) is 0.317. The normalized spacial score (nSPS) is 10.2. The second-order valence-electron chi connectivity index (χ2n) is 6.09. The molecule has 0 aliphatic heterocycles. The third-order valence-electron chi connectivity index (χ3n) is 3.86. The van der Waals surface area contributed by atoms with Gasteiger partial charge in [0.2, 0.25) is 17.7 Å². The van der Waals surface area contributed by atoms with E-state index in [2.05, 4.69) is 10.6 Å². The lowest BCUT2D eigenvalue weighted by Crippen LogP contribution is -2.38. The van der Waals surface area contributed by atoms with Gasteiger partial charge in [-0.2, -0.15) is 0 Å². The van der Waals surface area contributed by atoms with Crippen molar-refractivity contribution in [3.05, 3.63) is 59.9 Å². The third-order valence-corrected chi connectivity index (χ3v) is 3.86. The van der Waals surface area contributed by atoms with E-state index in [0.29, 0.717) is 23.4 Å². The molecule has 3 amide bonds. The smallest absolute Gasteiger partial charge is 0.243 e. The van der Waals surface area contributed by atoms with Gasteiger partial charge in [0.25, 0.3) is 0 Å². The summed E-state index contributed by atoms with van der Waals surface area (Å²) in [6.45, 7) is 2.85. The van der Waals surface area contributed by atoms with E-state index in [0.717, 1.165) is 0 Å². The van der Waals surface area contributed by atoms with Crippen molar-refractivity contribution in [2.24, 2.45) is 0 Å². The van der Waals surface area contributed by atoms with E-state index in [4.69, 9.17) is 0 Å². The molecule has 0 spiro atoms. The molecule has 0 aliphatic carbocycles. The number of rotatable bonds is 7. The highest BCUT2D eigenvalue weighted by atomic mass is 19.1. The Hall–Kier alpha value is -3.22. The first-order valence-corrected chi connectivity index (χ1v) is 8.51. The predicted molar refractivity (Wildman–Crippen MR) is 102 cm³/mol. The summed E-state index contributed by atoms with van der Waals surface area (Å²) >= 11 is 0. The van der Waals surface area contributed by atoms with Crippen LogP contribution in [0.2, 0.25) is 0 Å². The van der Waals surface area contributed by atoms with E-state index in [1.807, 2.05) is 0 Å². The Bertz CT molecular complexity index is 839. The molecule has 0 aromatic heterocycles. The number of hydrogen-bond acceptors (Lipinski definition) is 3. The first-order chi connectivity index (χ1) is 12.8. The van der Waals surface area contributed by atoms with Crippen molar-refractivity contribution in [1.29, 1.82) is 0 Å². The highest BCUT2D eigenvalue weighted by molar-refractivity contribution is 5.95. The maximum absolute atomic E-state index is 13.7. The molecule has 142 valence electrons. The van der Waals surface area contributed by atoms with Crippen LogP contribution >= 0.6 is 0 Å². The van der Waals surface area contributed by atoms with Gasteiger partial charge >= 0.3 is 0 Å². The number of benzene rings is 2. The fourth-order valence-corrected chi connectivity index (χ4v) is 2.56. The molecule has 7 heteroatoms. The molecule has 0 radical (unpaired) electrons. The van der Waals surface area contributed by atoms with E-state index in [1.165, 1.54) is 24.8 Å². The first-order valence-electron chi connectivity index (χ1n) is 8.51. The Labute approximate surface area is 157 Å². The minimum absolute atomic E-state index is 0.145. The fraction of sp³-hybridized carbons (Fsp3) is 0.250. The average molecular weight is 371 g/mol. The van der Waals surface area contributed by atoms with Gasteiger partial charge in [0.05, 0.1) is 6.54 Å². The van der Waals surface area contributed by atoms with E-state index in [9.17, 15) is 18.8 Å². The number of amides is 3. The van der Waals surface area contributed by atoms with Crippen LogP contribution in [0.1, 0.15) is 19.4 Å². The Morgan fingerprint density at radius 3 is 2.26 bits per heavy atom. The number of nitrogens with zero attached hydrogens (tertiary/aromatic N) is 1. The summed E-state index contributed by atoms with van der Waals surface area (Å²) in [5.74, 6) is -1.19. The van der Waals surface area contributed by atoms with Crippen molar-refractivity contribution in [3.8, 4) is 0 Å². The molecule has 2 aromatic carbocycles. The molecule has 0 saturated carbocycles. The maximum Gasteiger partial charge on any atom is 0.243 e. The molecule has 0 saturated heterocycles. The van der Waals surface area contributed by atoms with Gasteiger partial charge in [0.1, 0.15) is 5.82 Å². The Balaban J connectivity index is 1.95. The molecular weight excluding hydrogens is 349 g/mol. The molecule has 6 nitrogen and oxygen atoms in total. The van der Waals surface area contributed by atoms with Gasteiger partial charge in [-0.3, -0.25) is 14.4 Å². The maximum atomic E-state index is 13.7. The largest absolute Gasteiger partial charge is 0.333 e. The second kappa shape index (κ2) is 9.47. The summed E-state index contributed by atoms with van der Waals surface area (Å²) < 4.78 is 13.7.